The van der Waals surface area contributed by atoms with Crippen LogP contribution in [0.25, 0.3) is 10.1 Å². The number of rotatable bonds is 5. The van der Waals surface area contributed by atoms with Crippen molar-refractivity contribution in [2.24, 2.45) is 23.5 Å². The number of nitrogens with two attached hydrogens (primary N) is 1. The van der Waals surface area contributed by atoms with Crippen LogP contribution >= 0.6 is 22.9 Å². The number of imide groups is 3. The fourth-order valence-electron chi connectivity index (χ4n) is 5.84. The van der Waals surface area contributed by atoms with E-state index in [1.54, 1.807) is 11.3 Å². The zero-order valence-corrected chi connectivity index (χ0v) is 19.1. The third-order valence-electron chi connectivity index (χ3n) is 7.16. The Morgan fingerprint density at radius 1 is 1.19 bits per heavy atom. The first-order valence-electron chi connectivity index (χ1n) is 10.8. The fourth-order valence-corrected chi connectivity index (χ4v) is 7.34. The summed E-state index contributed by atoms with van der Waals surface area (Å²) in [5, 5.41) is 11.1. The van der Waals surface area contributed by atoms with Gasteiger partial charge in [0.05, 0.1) is 16.9 Å². The van der Waals surface area contributed by atoms with Crippen LogP contribution < -0.4 is 5.73 Å². The topological polar surface area (TPSA) is 104 Å². The van der Waals surface area contributed by atoms with Crippen LogP contribution in [0.1, 0.15) is 24.6 Å². The average Bonchev–Trinajstić information content (AvgIpc) is 3.23. The molecule has 2 saturated heterocycles. The zero-order chi connectivity index (χ0) is 22.7. The Morgan fingerprint density at radius 3 is 2.59 bits per heavy atom. The number of nitrogens with zero attached hydrogens (tertiary/aromatic N) is 2. The number of halogens is 1. The van der Waals surface area contributed by atoms with Gasteiger partial charge in [0, 0.05) is 46.1 Å². The van der Waals surface area contributed by atoms with Crippen molar-refractivity contribution in [3.63, 3.8) is 0 Å². The van der Waals surface area contributed by atoms with E-state index in [1.807, 2.05) is 24.3 Å². The van der Waals surface area contributed by atoms with E-state index in [9.17, 15) is 19.5 Å². The van der Waals surface area contributed by atoms with Gasteiger partial charge in [-0.25, -0.2) is 4.79 Å². The molecule has 1 aliphatic carbocycles. The quantitative estimate of drug-likeness (QED) is 0.513. The summed E-state index contributed by atoms with van der Waals surface area (Å²) in [4.78, 5) is 41.9. The van der Waals surface area contributed by atoms with Gasteiger partial charge in [0.2, 0.25) is 11.8 Å². The summed E-state index contributed by atoms with van der Waals surface area (Å²) in [5.41, 5.74) is 6.45. The van der Waals surface area contributed by atoms with Crippen LogP contribution in [0.5, 0.6) is 0 Å². The minimum absolute atomic E-state index is 0.0363. The second-order valence-electron chi connectivity index (χ2n) is 8.74. The summed E-state index contributed by atoms with van der Waals surface area (Å²) in [6, 6.07) is 6.58. The highest BCUT2D eigenvalue weighted by Crippen LogP contribution is 2.52. The van der Waals surface area contributed by atoms with Gasteiger partial charge in [-0.3, -0.25) is 14.5 Å². The van der Waals surface area contributed by atoms with Crippen molar-refractivity contribution in [1.82, 2.24) is 9.80 Å². The maximum absolute atomic E-state index is 13.1. The van der Waals surface area contributed by atoms with Crippen molar-refractivity contribution >= 4 is 50.9 Å². The summed E-state index contributed by atoms with van der Waals surface area (Å²) < 4.78 is 1.10. The third kappa shape index (κ3) is 3.04. The SMILES string of the molecule is CC1C2C(CCCO)=CC(C3C(=O)N(C(N)=O)C(=O)C23)N1Cc1sc2ccccc2c1Cl. The Kier molecular flexibility index (Phi) is 5.36. The Morgan fingerprint density at radius 2 is 1.91 bits per heavy atom. The lowest BCUT2D eigenvalue weighted by Gasteiger charge is -2.53. The van der Waals surface area contributed by atoms with Gasteiger partial charge in [0.15, 0.2) is 0 Å². The molecule has 168 valence electrons. The third-order valence-corrected chi connectivity index (χ3v) is 8.86. The summed E-state index contributed by atoms with van der Waals surface area (Å²) in [5.74, 6) is -2.46. The molecular weight excluding hydrogens is 450 g/mol. The molecule has 4 heterocycles. The number of hydrogen-bond donors (Lipinski definition) is 2. The molecule has 3 aliphatic heterocycles. The van der Waals surface area contributed by atoms with E-state index < -0.39 is 29.7 Å². The van der Waals surface area contributed by atoms with Crippen LogP contribution in [0.3, 0.4) is 0 Å². The number of primary amides is 1. The minimum atomic E-state index is -1.02. The molecule has 32 heavy (non-hydrogen) atoms. The van der Waals surface area contributed by atoms with E-state index in [0.29, 0.717) is 29.3 Å². The first-order chi connectivity index (χ1) is 15.3. The van der Waals surface area contributed by atoms with Gasteiger partial charge in [-0.2, -0.15) is 4.90 Å². The van der Waals surface area contributed by atoms with Gasteiger partial charge in [-0.05, 0) is 25.8 Å². The molecule has 6 rings (SSSR count). The van der Waals surface area contributed by atoms with E-state index in [1.165, 1.54) is 0 Å². The zero-order valence-electron chi connectivity index (χ0n) is 17.5. The predicted molar refractivity (Wildman–Crippen MR) is 122 cm³/mol. The molecule has 0 saturated carbocycles. The molecule has 5 atom stereocenters. The maximum Gasteiger partial charge on any atom is 0.328 e. The fraction of sp³-hybridized carbons (Fsp3) is 0.435. The van der Waals surface area contributed by atoms with E-state index in [2.05, 4.69) is 17.9 Å². The molecule has 2 bridgehead atoms. The monoisotopic (exact) mass is 473 g/mol. The van der Waals surface area contributed by atoms with E-state index in [-0.39, 0.29) is 24.6 Å². The second kappa shape index (κ2) is 7.95. The summed E-state index contributed by atoms with van der Waals surface area (Å²) in [6.45, 7) is 2.66. The normalized spacial score (nSPS) is 29.7. The molecule has 3 N–H and O–H groups in total. The first-order valence-corrected chi connectivity index (χ1v) is 11.9. The Labute approximate surface area is 194 Å². The number of aliphatic hydroxyl groups is 1. The number of carbonyl (C=O) groups is 3. The van der Waals surface area contributed by atoms with Crippen LogP contribution in [0.15, 0.2) is 35.9 Å². The molecule has 0 spiro atoms. The molecule has 1 aromatic heterocycles. The van der Waals surface area contributed by atoms with E-state index >= 15 is 0 Å². The van der Waals surface area contributed by atoms with Crippen molar-refractivity contribution < 1.29 is 19.5 Å². The average molecular weight is 474 g/mol. The number of piperidine rings is 1. The molecule has 1 aromatic carbocycles. The van der Waals surface area contributed by atoms with Gasteiger partial charge in [0.1, 0.15) is 0 Å². The summed E-state index contributed by atoms with van der Waals surface area (Å²) in [7, 11) is 0. The number of hydrogen-bond acceptors (Lipinski definition) is 6. The Bertz CT molecular complexity index is 1160. The molecule has 4 aliphatic rings. The predicted octanol–water partition coefficient (Wildman–Crippen LogP) is 3.14. The molecule has 7 nitrogen and oxygen atoms in total. The number of urea groups is 1. The van der Waals surface area contributed by atoms with Gasteiger partial charge in [0.25, 0.3) is 0 Å². The van der Waals surface area contributed by atoms with Gasteiger partial charge >= 0.3 is 6.03 Å². The highest BCUT2D eigenvalue weighted by Gasteiger charge is 2.63. The van der Waals surface area contributed by atoms with Crippen LogP contribution in [0.4, 0.5) is 4.79 Å². The van der Waals surface area contributed by atoms with E-state index in [0.717, 1.165) is 20.5 Å². The number of amides is 4. The highest BCUT2D eigenvalue weighted by molar-refractivity contribution is 7.19. The molecule has 4 amide bonds. The van der Waals surface area contributed by atoms with Gasteiger partial charge in [-0.1, -0.05) is 41.4 Å². The Balaban J connectivity index is 1.55. The van der Waals surface area contributed by atoms with Gasteiger partial charge in [-0.15, -0.1) is 11.3 Å². The maximum atomic E-state index is 13.1. The van der Waals surface area contributed by atoms with Gasteiger partial charge < -0.3 is 10.8 Å². The van der Waals surface area contributed by atoms with E-state index in [4.69, 9.17) is 17.3 Å². The molecule has 2 aromatic rings. The highest BCUT2D eigenvalue weighted by atomic mass is 35.5. The number of thiophene rings is 1. The number of carbonyl (C=O) groups excluding carboxylic acids is 3. The number of fused-ring (bicyclic) bond motifs is 2. The molecule has 0 radical (unpaired) electrons. The van der Waals surface area contributed by atoms with Crippen LogP contribution in [-0.2, 0) is 16.1 Å². The molecule has 5 unspecified atom stereocenters. The summed E-state index contributed by atoms with van der Waals surface area (Å²) >= 11 is 8.33. The van der Waals surface area contributed by atoms with Crippen LogP contribution in [-0.4, -0.2) is 51.4 Å². The van der Waals surface area contributed by atoms with Crippen molar-refractivity contribution in [2.45, 2.75) is 38.4 Å². The lowest BCUT2D eigenvalue weighted by molar-refractivity contribution is -0.136. The van der Waals surface area contributed by atoms with Crippen molar-refractivity contribution in [3.05, 3.63) is 45.8 Å². The molecule has 2 fully saturated rings. The first kappa shape index (κ1) is 21.6. The van der Waals surface area contributed by atoms with Crippen molar-refractivity contribution in [3.8, 4) is 0 Å². The Hall–Kier alpha value is -2.26. The van der Waals surface area contributed by atoms with Crippen LogP contribution in [0.2, 0.25) is 5.02 Å². The smallest absolute Gasteiger partial charge is 0.328 e. The number of aliphatic hydroxyl groups excluding tert-OH is 1. The lowest BCUT2D eigenvalue weighted by atomic mass is 9.62. The minimum Gasteiger partial charge on any atom is -0.396 e. The summed E-state index contributed by atoms with van der Waals surface area (Å²) in [6.07, 6.45) is 3.31. The van der Waals surface area contributed by atoms with Crippen molar-refractivity contribution in [1.29, 1.82) is 0 Å². The molecule has 9 heteroatoms. The largest absolute Gasteiger partial charge is 0.396 e. The standard InChI is InChI=1S/C23H24ClN3O4S/c1-11-17-12(5-4-8-28)9-14(18-19(17)22(30)27(21(18)29)23(25)31)26(11)10-16-20(24)13-6-2-3-7-15(13)32-16/h2-3,6-7,9,11,14,17-19,28H,4-5,8,10H2,1H3,(H2,25,31). The number of likely N-dealkylation sites (tertiary alicyclic amines) is 1. The van der Waals surface area contributed by atoms with Crippen molar-refractivity contribution in [2.75, 3.05) is 6.61 Å². The van der Waals surface area contributed by atoms with Crippen LogP contribution in [0, 0.1) is 17.8 Å². The lowest BCUT2D eigenvalue weighted by Crippen LogP contribution is -2.61. The number of benzene rings is 1. The molecular formula is C23H24ClN3O4S. The second-order valence-corrected chi connectivity index (χ2v) is 10.2.